The number of benzene rings is 1. The second kappa shape index (κ2) is 8.34. The summed E-state index contributed by atoms with van der Waals surface area (Å²) >= 11 is 0. The standard InChI is InChI=1S/C22H23F2N3O5/c1-11-3-6-17(32-2)16-10-26(11)22(31)18-20(29)19(28)14(9-27(16)18)21(30)25-8-12-4-5-13(23)7-15(12)24/h4-5,7,9,11,16-17,29H,3,6,8,10H2,1-2H3,(H,25,30)/t11-,16+,17-/m0/s1/i2D3. The maximum Gasteiger partial charge on any atom is 0.274 e. The van der Waals surface area contributed by atoms with Gasteiger partial charge in [0, 0.05) is 44.0 Å². The van der Waals surface area contributed by atoms with Crippen LogP contribution in [0.2, 0.25) is 0 Å². The molecule has 0 radical (unpaired) electrons. The molecule has 170 valence electrons. The Balaban J connectivity index is 1.72. The molecule has 2 aromatic rings. The Kier molecular flexibility index (Phi) is 4.78. The van der Waals surface area contributed by atoms with Gasteiger partial charge < -0.3 is 24.6 Å². The topological polar surface area (TPSA) is 101 Å². The third-order valence-corrected chi connectivity index (χ3v) is 6.10. The second-order valence-electron chi connectivity index (χ2n) is 8.00. The van der Waals surface area contributed by atoms with E-state index in [0.29, 0.717) is 12.5 Å². The van der Waals surface area contributed by atoms with Crippen molar-refractivity contribution in [3.05, 3.63) is 63.1 Å². The van der Waals surface area contributed by atoms with Gasteiger partial charge in [0.15, 0.2) is 11.4 Å². The minimum absolute atomic E-state index is 0.0308. The molecule has 8 nitrogen and oxygen atoms in total. The normalized spacial score (nSPS) is 24.1. The van der Waals surface area contributed by atoms with Crippen molar-refractivity contribution in [2.24, 2.45) is 0 Å². The number of fused-ring (bicyclic) bond motifs is 4. The average Bonchev–Trinajstić information content (AvgIpc) is 2.90. The zero-order chi connectivity index (χ0) is 25.7. The Morgan fingerprint density at radius 2 is 2.12 bits per heavy atom. The molecule has 3 heterocycles. The number of hydrogen-bond donors (Lipinski definition) is 2. The molecule has 2 bridgehead atoms. The van der Waals surface area contributed by atoms with Crippen molar-refractivity contribution in [3.63, 3.8) is 0 Å². The van der Waals surface area contributed by atoms with Gasteiger partial charge in [-0.05, 0) is 25.8 Å². The van der Waals surface area contributed by atoms with E-state index in [9.17, 15) is 28.3 Å². The highest BCUT2D eigenvalue weighted by Gasteiger charge is 2.42. The van der Waals surface area contributed by atoms with E-state index in [1.54, 1.807) is 6.92 Å². The lowest BCUT2D eigenvalue weighted by molar-refractivity contribution is 0.0330. The van der Waals surface area contributed by atoms with Gasteiger partial charge in [-0.25, -0.2) is 8.78 Å². The van der Waals surface area contributed by atoms with Gasteiger partial charge >= 0.3 is 0 Å². The molecule has 2 aliphatic rings. The monoisotopic (exact) mass is 450 g/mol. The summed E-state index contributed by atoms with van der Waals surface area (Å²) in [5.41, 5.74) is -2.03. The van der Waals surface area contributed by atoms with Gasteiger partial charge in [-0.3, -0.25) is 14.4 Å². The quantitative estimate of drug-likeness (QED) is 0.742. The maximum atomic E-state index is 13.9. The van der Waals surface area contributed by atoms with E-state index in [1.807, 2.05) is 0 Å². The van der Waals surface area contributed by atoms with Crippen LogP contribution in [0.15, 0.2) is 29.2 Å². The first-order valence-corrected chi connectivity index (χ1v) is 10.1. The first kappa shape index (κ1) is 18.3. The fraction of sp³-hybridized carbons (Fsp3) is 0.409. The summed E-state index contributed by atoms with van der Waals surface area (Å²) in [4.78, 5) is 40.1. The molecular formula is C22H23F2N3O5. The number of carbonyl (C=O) groups excluding carboxylic acids is 2. The smallest absolute Gasteiger partial charge is 0.274 e. The van der Waals surface area contributed by atoms with Crippen LogP contribution in [0.3, 0.4) is 0 Å². The van der Waals surface area contributed by atoms with Crippen molar-refractivity contribution < 1.29 is 32.3 Å². The number of aromatic hydroxyl groups is 1. The third kappa shape index (κ3) is 3.64. The van der Waals surface area contributed by atoms with Crippen LogP contribution in [0.4, 0.5) is 8.78 Å². The minimum atomic E-state index is -2.73. The molecule has 1 aromatic carbocycles. The number of rotatable bonds is 4. The Hall–Kier alpha value is -3.27. The molecular weight excluding hydrogens is 424 g/mol. The molecule has 2 aliphatic heterocycles. The van der Waals surface area contributed by atoms with E-state index < -0.39 is 59.4 Å². The van der Waals surface area contributed by atoms with Crippen LogP contribution in [-0.4, -0.2) is 52.1 Å². The number of methoxy groups -OCH3 is 1. The molecule has 32 heavy (non-hydrogen) atoms. The summed E-state index contributed by atoms with van der Waals surface area (Å²) < 4.78 is 56.0. The number of nitrogens with zero attached hydrogens (tertiary/aromatic N) is 2. The Bertz CT molecular complexity index is 1250. The summed E-state index contributed by atoms with van der Waals surface area (Å²) in [5.74, 6) is -4.22. The van der Waals surface area contributed by atoms with Gasteiger partial charge in [0.05, 0.1) is 16.3 Å². The molecule has 1 fully saturated rings. The van der Waals surface area contributed by atoms with E-state index in [2.05, 4.69) is 5.32 Å². The molecule has 1 saturated heterocycles. The van der Waals surface area contributed by atoms with Crippen molar-refractivity contribution in [2.75, 3.05) is 13.6 Å². The molecule has 0 saturated carbocycles. The number of ether oxygens (including phenoxy) is 1. The van der Waals surface area contributed by atoms with Crippen LogP contribution in [0.5, 0.6) is 5.75 Å². The summed E-state index contributed by atoms with van der Waals surface area (Å²) in [6.07, 6.45) is 0.901. The molecule has 0 unspecified atom stereocenters. The molecule has 3 atom stereocenters. The van der Waals surface area contributed by atoms with Crippen LogP contribution < -0.4 is 10.7 Å². The van der Waals surface area contributed by atoms with Crippen molar-refractivity contribution in [1.82, 2.24) is 14.8 Å². The molecule has 4 rings (SSSR count). The van der Waals surface area contributed by atoms with E-state index in [-0.39, 0.29) is 36.8 Å². The SMILES string of the molecule is [2H]C([2H])([2H])O[C@H]1CC[C@H](C)N2C[C@H]1n1cc(C(=O)NCc3ccc(F)cc3F)c(=O)c(O)c1C2=O. The predicted octanol–water partition coefficient (Wildman–Crippen LogP) is 1.96. The van der Waals surface area contributed by atoms with E-state index >= 15 is 0 Å². The molecule has 0 aliphatic carbocycles. The van der Waals surface area contributed by atoms with Gasteiger partial charge in [0.25, 0.3) is 11.8 Å². The Morgan fingerprint density at radius 3 is 2.84 bits per heavy atom. The Labute approximate surface area is 186 Å². The highest BCUT2D eigenvalue weighted by molar-refractivity contribution is 5.99. The van der Waals surface area contributed by atoms with Crippen LogP contribution in [0.25, 0.3) is 0 Å². The first-order valence-electron chi connectivity index (χ1n) is 11.6. The predicted molar refractivity (Wildman–Crippen MR) is 109 cm³/mol. The van der Waals surface area contributed by atoms with Gasteiger partial charge in [0.2, 0.25) is 5.43 Å². The van der Waals surface area contributed by atoms with Gasteiger partial charge in [0.1, 0.15) is 17.2 Å². The van der Waals surface area contributed by atoms with Crippen molar-refractivity contribution in [1.29, 1.82) is 0 Å². The highest BCUT2D eigenvalue weighted by Crippen LogP contribution is 2.35. The first-order chi connectivity index (χ1) is 16.4. The zero-order valence-corrected chi connectivity index (χ0v) is 17.1. The largest absolute Gasteiger partial charge is 0.503 e. The number of nitrogens with one attached hydrogen (secondary N) is 1. The number of aromatic nitrogens is 1. The van der Waals surface area contributed by atoms with Gasteiger partial charge in [-0.2, -0.15) is 0 Å². The van der Waals surface area contributed by atoms with Crippen LogP contribution in [0, 0.1) is 11.6 Å². The number of carbonyl (C=O) groups is 2. The van der Waals surface area contributed by atoms with Gasteiger partial charge in [-0.1, -0.05) is 6.07 Å². The number of pyridine rings is 1. The molecule has 10 heteroatoms. The summed E-state index contributed by atoms with van der Waals surface area (Å²) in [5, 5.41) is 13.0. The lowest BCUT2D eigenvalue weighted by Crippen LogP contribution is -2.49. The van der Waals surface area contributed by atoms with Crippen molar-refractivity contribution in [2.45, 2.75) is 44.5 Å². The van der Waals surface area contributed by atoms with E-state index in [4.69, 9.17) is 8.85 Å². The summed E-state index contributed by atoms with van der Waals surface area (Å²) in [7, 11) is -2.73. The fourth-order valence-corrected chi connectivity index (χ4v) is 4.27. The number of hydrogen-bond acceptors (Lipinski definition) is 5. The van der Waals surface area contributed by atoms with Crippen molar-refractivity contribution in [3.8, 4) is 5.75 Å². The lowest BCUT2D eigenvalue weighted by Gasteiger charge is -2.38. The zero-order valence-electron chi connectivity index (χ0n) is 20.1. The van der Waals surface area contributed by atoms with E-state index in [1.165, 1.54) is 9.47 Å². The van der Waals surface area contributed by atoms with Crippen LogP contribution in [-0.2, 0) is 11.3 Å². The maximum absolute atomic E-state index is 13.9. The van der Waals surface area contributed by atoms with Crippen LogP contribution in [0.1, 0.15) is 56.3 Å². The number of halogens is 2. The highest BCUT2D eigenvalue weighted by atomic mass is 19.1. The second-order valence-corrected chi connectivity index (χ2v) is 8.00. The third-order valence-electron chi connectivity index (χ3n) is 6.10. The lowest BCUT2D eigenvalue weighted by atomic mass is 10.0. The molecule has 2 N–H and O–H groups in total. The van der Waals surface area contributed by atoms with Crippen LogP contribution >= 0.6 is 0 Å². The van der Waals surface area contributed by atoms with Gasteiger partial charge in [-0.15, -0.1) is 0 Å². The summed E-state index contributed by atoms with van der Waals surface area (Å²) in [6.45, 7) is 1.46. The number of amides is 2. The summed E-state index contributed by atoms with van der Waals surface area (Å²) in [6, 6.07) is 1.71. The Morgan fingerprint density at radius 1 is 1.34 bits per heavy atom. The fourth-order valence-electron chi connectivity index (χ4n) is 4.27. The minimum Gasteiger partial charge on any atom is -0.503 e. The average molecular weight is 450 g/mol. The van der Waals surface area contributed by atoms with E-state index in [0.717, 1.165) is 18.3 Å². The molecule has 0 spiro atoms. The molecule has 1 aromatic heterocycles. The molecule has 2 amide bonds. The van der Waals surface area contributed by atoms with Crippen molar-refractivity contribution >= 4 is 11.8 Å².